The lowest BCUT2D eigenvalue weighted by atomic mass is 10.1. The number of halogens is 1. The minimum Gasteiger partial charge on any atom is -0.381 e. The summed E-state index contributed by atoms with van der Waals surface area (Å²) in [6.45, 7) is 3.89. The third-order valence-electron chi connectivity index (χ3n) is 3.14. The summed E-state index contributed by atoms with van der Waals surface area (Å²) in [7, 11) is 0. The Bertz CT molecular complexity index is 656. The number of nitrogens with zero attached hydrogens (tertiary/aromatic N) is 1. The number of amides is 1. The fourth-order valence-electron chi connectivity index (χ4n) is 2.02. The van der Waals surface area contributed by atoms with Gasteiger partial charge in [0.1, 0.15) is 0 Å². The molecule has 0 saturated heterocycles. The maximum atomic E-state index is 13.8. The number of rotatable bonds is 3. The van der Waals surface area contributed by atoms with Gasteiger partial charge in [0.2, 0.25) is 0 Å². The van der Waals surface area contributed by atoms with Crippen LogP contribution in [0.15, 0.2) is 30.5 Å². The average Bonchev–Trinajstić information content (AvgIpc) is 2.44. The summed E-state index contributed by atoms with van der Waals surface area (Å²) in [5.74, 6) is -1.60. The van der Waals surface area contributed by atoms with Gasteiger partial charge in [0.25, 0.3) is 5.91 Å². The van der Waals surface area contributed by atoms with Crippen molar-refractivity contribution in [1.82, 2.24) is 4.98 Å². The van der Waals surface area contributed by atoms with E-state index in [0.717, 1.165) is 23.2 Å². The van der Waals surface area contributed by atoms with E-state index >= 15 is 0 Å². The van der Waals surface area contributed by atoms with Crippen LogP contribution >= 0.6 is 0 Å². The molecule has 0 fully saturated rings. The van der Waals surface area contributed by atoms with Crippen LogP contribution < -0.4 is 11.1 Å². The van der Waals surface area contributed by atoms with Gasteiger partial charge in [0.05, 0.1) is 5.56 Å². The zero-order chi connectivity index (χ0) is 14.7. The number of nitrogens with two attached hydrogens (primary N) is 1. The molecule has 20 heavy (non-hydrogen) atoms. The Hall–Kier alpha value is -2.43. The van der Waals surface area contributed by atoms with Crippen LogP contribution in [0, 0.1) is 12.7 Å². The molecule has 104 valence electrons. The van der Waals surface area contributed by atoms with Crippen LogP contribution in [0.25, 0.3) is 0 Å². The SMILES string of the molecule is CCc1cccc(C)c1NC(=O)c1ccnc(N)c1F. The molecule has 0 spiro atoms. The fraction of sp³-hybridized carbons (Fsp3) is 0.200. The van der Waals surface area contributed by atoms with E-state index in [1.807, 2.05) is 32.0 Å². The quantitative estimate of drug-likeness (QED) is 0.903. The number of para-hydroxylation sites is 1. The molecular weight excluding hydrogens is 257 g/mol. The Morgan fingerprint density at radius 1 is 1.40 bits per heavy atom. The first kappa shape index (κ1) is 14.0. The van der Waals surface area contributed by atoms with Crippen molar-refractivity contribution in [3.63, 3.8) is 0 Å². The van der Waals surface area contributed by atoms with E-state index in [-0.39, 0.29) is 11.4 Å². The van der Waals surface area contributed by atoms with E-state index in [4.69, 9.17) is 5.73 Å². The smallest absolute Gasteiger partial charge is 0.258 e. The van der Waals surface area contributed by atoms with Crippen molar-refractivity contribution in [3.05, 3.63) is 53.0 Å². The van der Waals surface area contributed by atoms with Crippen molar-refractivity contribution >= 4 is 17.4 Å². The maximum absolute atomic E-state index is 13.8. The van der Waals surface area contributed by atoms with E-state index in [1.165, 1.54) is 12.3 Å². The fourth-order valence-corrected chi connectivity index (χ4v) is 2.02. The standard InChI is InChI=1S/C15H16FN3O/c1-3-10-6-4-5-9(2)13(10)19-15(20)11-7-8-18-14(17)12(11)16/h4-8H,3H2,1-2H3,(H2,17,18)(H,19,20). The number of aromatic nitrogens is 1. The van der Waals surface area contributed by atoms with Crippen molar-refractivity contribution in [2.24, 2.45) is 0 Å². The molecule has 0 aliphatic heterocycles. The molecule has 3 N–H and O–H groups in total. The molecule has 0 atom stereocenters. The molecule has 5 heteroatoms. The van der Waals surface area contributed by atoms with Crippen molar-refractivity contribution in [2.45, 2.75) is 20.3 Å². The molecule has 0 aliphatic carbocycles. The summed E-state index contributed by atoms with van der Waals surface area (Å²) in [5, 5.41) is 2.75. The van der Waals surface area contributed by atoms with Gasteiger partial charge in [-0.15, -0.1) is 0 Å². The Morgan fingerprint density at radius 2 is 2.15 bits per heavy atom. The second kappa shape index (κ2) is 5.69. The van der Waals surface area contributed by atoms with E-state index in [0.29, 0.717) is 0 Å². The van der Waals surface area contributed by atoms with Gasteiger partial charge in [-0.05, 0) is 30.5 Å². The number of carbonyl (C=O) groups excluding carboxylic acids is 1. The molecule has 1 heterocycles. The van der Waals surface area contributed by atoms with Crippen LogP contribution in [0.3, 0.4) is 0 Å². The third-order valence-corrected chi connectivity index (χ3v) is 3.14. The first-order valence-corrected chi connectivity index (χ1v) is 6.34. The van der Waals surface area contributed by atoms with Crippen LogP contribution in [-0.4, -0.2) is 10.9 Å². The van der Waals surface area contributed by atoms with E-state index in [9.17, 15) is 9.18 Å². The predicted octanol–water partition coefficient (Wildman–Crippen LogP) is 2.93. The lowest BCUT2D eigenvalue weighted by Crippen LogP contribution is -2.17. The topological polar surface area (TPSA) is 68.0 Å². The molecule has 0 aliphatic rings. The van der Waals surface area contributed by atoms with Gasteiger partial charge >= 0.3 is 0 Å². The molecule has 0 bridgehead atoms. The summed E-state index contributed by atoms with van der Waals surface area (Å²) < 4.78 is 13.8. The van der Waals surface area contributed by atoms with Crippen LogP contribution in [0.2, 0.25) is 0 Å². The summed E-state index contributed by atoms with van der Waals surface area (Å²) >= 11 is 0. The Labute approximate surface area is 116 Å². The number of anilines is 2. The van der Waals surface area contributed by atoms with Gasteiger partial charge in [0.15, 0.2) is 11.6 Å². The molecule has 1 aromatic carbocycles. The summed E-state index contributed by atoms with van der Waals surface area (Å²) in [6.07, 6.45) is 2.09. The molecule has 4 nitrogen and oxygen atoms in total. The van der Waals surface area contributed by atoms with Crippen molar-refractivity contribution in [2.75, 3.05) is 11.1 Å². The first-order valence-electron chi connectivity index (χ1n) is 6.34. The highest BCUT2D eigenvalue weighted by molar-refractivity contribution is 6.05. The minimum atomic E-state index is -0.795. The summed E-state index contributed by atoms with van der Waals surface area (Å²) in [6, 6.07) is 7.06. The second-order valence-electron chi connectivity index (χ2n) is 4.47. The zero-order valence-electron chi connectivity index (χ0n) is 11.4. The molecule has 1 aromatic heterocycles. The minimum absolute atomic E-state index is 0.109. The number of aryl methyl sites for hydroxylation is 2. The van der Waals surface area contributed by atoms with Crippen molar-refractivity contribution < 1.29 is 9.18 Å². The van der Waals surface area contributed by atoms with E-state index in [2.05, 4.69) is 10.3 Å². The van der Waals surface area contributed by atoms with Gasteiger partial charge < -0.3 is 11.1 Å². The largest absolute Gasteiger partial charge is 0.381 e. The Kier molecular flexibility index (Phi) is 3.98. The number of hydrogen-bond donors (Lipinski definition) is 2. The van der Waals surface area contributed by atoms with Gasteiger partial charge in [-0.3, -0.25) is 4.79 Å². The molecule has 2 rings (SSSR count). The second-order valence-corrected chi connectivity index (χ2v) is 4.47. The van der Waals surface area contributed by atoms with E-state index in [1.54, 1.807) is 0 Å². The number of nitrogens with one attached hydrogen (secondary N) is 1. The number of pyridine rings is 1. The van der Waals surface area contributed by atoms with Crippen LogP contribution in [0.1, 0.15) is 28.4 Å². The van der Waals surface area contributed by atoms with Gasteiger partial charge in [-0.1, -0.05) is 25.1 Å². The van der Waals surface area contributed by atoms with Crippen LogP contribution in [-0.2, 0) is 6.42 Å². The highest BCUT2D eigenvalue weighted by Crippen LogP contribution is 2.22. The Morgan fingerprint density at radius 3 is 2.85 bits per heavy atom. The molecule has 0 unspecified atom stereocenters. The first-order chi connectivity index (χ1) is 9.54. The summed E-state index contributed by atoms with van der Waals surface area (Å²) in [5.41, 5.74) is 7.91. The Balaban J connectivity index is 2.35. The average molecular weight is 273 g/mol. The number of benzene rings is 1. The van der Waals surface area contributed by atoms with Crippen LogP contribution in [0.4, 0.5) is 15.9 Å². The molecule has 1 amide bonds. The zero-order valence-corrected chi connectivity index (χ0v) is 11.4. The maximum Gasteiger partial charge on any atom is 0.258 e. The highest BCUT2D eigenvalue weighted by atomic mass is 19.1. The molecular formula is C15H16FN3O. The van der Waals surface area contributed by atoms with E-state index < -0.39 is 11.7 Å². The number of nitrogen functional groups attached to an aromatic ring is 1. The third kappa shape index (κ3) is 2.61. The lowest BCUT2D eigenvalue weighted by molar-refractivity contribution is 0.102. The highest BCUT2D eigenvalue weighted by Gasteiger charge is 2.16. The predicted molar refractivity (Wildman–Crippen MR) is 77.1 cm³/mol. The molecule has 0 saturated carbocycles. The number of carbonyl (C=O) groups is 1. The molecule has 2 aromatic rings. The normalized spacial score (nSPS) is 10.3. The van der Waals surface area contributed by atoms with Crippen molar-refractivity contribution in [1.29, 1.82) is 0 Å². The molecule has 0 radical (unpaired) electrons. The van der Waals surface area contributed by atoms with Crippen molar-refractivity contribution in [3.8, 4) is 0 Å². The van der Waals surface area contributed by atoms with Crippen LogP contribution in [0.5, 0.6) is 0 Å². The lowest BCUT2D eigenvalue weighted by Gasteiger charge is -2.13. The number of hydrogen-bond acceptors (Lipinski definition) is 3. The summed E-state index contributed by atoms with van der Waals surface area (Å²) in [4.78, 5) is 15.8. The monoisotopic (exact) mass is 273 g/mol. The van der Waals surface area contributed by atoms with Gasteiger partial charge in [0, 0.05) is 11.9 Å². The van der Waals surface area contributed by atoms with Gasteiger partial charge in [-0.25, -0.2) is 9.37 Å². The van der Waals surface area contributed by atoms with Gasteiger partial charge in [-0.2, -0.15) is 0 Å².